The van der Waals surface area contributed by atoms with Gasteiger partial charge in [0.15, 0.2) is 0 Å². The number of carbonyl (C=O) groups excluding carboxylic acids is 1. The van der Waals surface area contributed by atoms with E-state index in [-0.39, 0.29) is 11.7 Å². The van der Waals surface area contributed by atoms with E-state index in [1.165, 1.54) is 12.1 Å². The average Bonchev–Trinajstić information content (AvgIpc) is 2.54. The van der Waals surface area contributed by atoms with Gasteiger partial charge in [0.05, 0.1) is 4.92 Å². The molecule has 0 saturated heterocycles. The normalized spacial score (nSPS) is 10.9. The molecule has 1 rings (SSSR count). The largest absolute Gasteiger partial charge is 0.323 e. The van der Waals surface area contributed by atoms with Crippen LogP contribution in [-0.2, 0) is 0 Å². The van der Waals surface area contributed by atoms with Gasteiger partial charge >= 0.3 is 6.03 Å². The number of amides is 2. The number of benzene rings is 1. The fraction of sp³-hybridized carbons (Fsp3) is 0.588. The van der Waals surface area contributed by atoms with Gasteiger partial charge in [-0.1, -0.05) is 33.8 Å². The standard InChI is InChI=1S/C17H28N4O3/c1-5-19(6-2)10-11-20(13-14(3)4)17(22)18-15-8-7-9-16(12-15)21(23)24/h7-9,12,14H,5-6,10-11,13H2,1-4H3,(H,18,22). The second kappa shape index (κ2) is 9.87. The lowest BCUT2D eigenvalue weighted by Gasteiger charge is -2.28. The van der Waals surface area contributed by atoms with E-state index in [0.29, 0.717) is 24.7 Å². The second-order valence-corrected chi connectivity index (χ2v) is 6.10. The van der Waals surface area contributed by atoms with E-state index >= 15 is 0 Å². The molecule has 1 aromatic rings. The van der Waals surface area contributed by atoms with Crippen LogP contribution in [0.15, 0.2) is 24.3 Å². The SMILES string of the molecule is CCN(CC)CCN(CC(C)C)C(=O)Nc1cccc([N+](=O)[O-])c1. The number of nitro groups is 1. The summed E-state index contributed by atoms with van der Waals surface area (Å²) < 4.78 is 0. The van der Waals surface area contributed by atoms with Crippen molar-refractivity contribution >= 4 is 17.4 Å². The summed E-state index contributed by atoms with van der Waals surface area (Å²) in [6.45, 7) is 12.3. The van der Waals surface area contributed by atoms with Crippen LogP contribution in [0.2, 0.25) is 0 Å². The topological polar surface area (TPSA) is 78.7 Å². The first kappa shape index (κ1) is 19.9. The second-order valence-electron chi connectivity index (χ2n) is 6.10. The summed E-state index contributed by atoms with van der Waals surface area (Å²) in [5.74, 6) is 0.345. The summed E-state index contributed by atoms with van der Waals surface area (Å²) >= 11 is 0. The molecule has 7 heteroatoms. The number of nitrogens with zero attached hydrogens (tertiary/aromatic N) is 3. The van der Waals surface area contributed by atoms with Crippen LogP contribution < -0.4 is 5.32 Å². The Morgan fingerprint density at radius 3 is 2.46 bits per heavy atom. The third-order valence-electron chi connectivity index (χ3n) is 3.76. The third kappa shape index (κ3) is 6.54. The van der Waals surface area contributed by atoms with Crippen molar-refractivity contribution in [3.05, 3.63) is 34.4 Å². The molecule has 2 amide bonds. The van der Waals surface area contributed by atoms with Gasteiger partial charge < -0.3 is 15.1 Å². The predicted octanol–water partition coefficient (Wildman–Crippen LogP) is 3.43. The highest BCUT2D eigenvalue weighted by Crippen LogP contribution is 2.17. The van der Waals surface area contributed by atoms with Gasteiger partial charge in [0.25, 0.3) is 5.69 Å². The Labute approximate surface area is 143 Å². The lowest BCUT2D eigenvalue weighted by atomic mass is 10.2. The van der Waals surface area contributed by atoms with Crippen LogP contribution in [0.4, 0.5) is 16.2 Å². The first-order valence-electron chi connectivity index (χ1n) is 8.40. The van der Waals surface area contributed by atoms with E-state index in [0.717, 1.165) is 19.6 Å². The maximum atomic E-state index is 12.5. The lowest BCUT2D eigenvalue weighted by Crippen LogP contribution is -2.42. The van der Waals surface area contributed by atoms with Gasteiger partial charge in [-0.3, -0.25) is 10.1 Å². The van der Waals surface area contributed by atoms with Crippen molar-refractivity contribution in [1.29, 1.82) is 0 Å². The molecule has 1 aromatic carbocycles. The van der Waals surface area contributed by atoms with E-state index < -0.39 is 4.92 Å². The fourth-order valence-corrected chi connectivity index (χ4v) is 2.42. The number of nitrogens with one attached hydrogen (secondary N) is 1. The predicted molar refractivity (Wildman–Crippen MR) is 96.3 cm³/mol. The number of non-ortho nitro benzene ring substituents is 1. The molecule has 134 valence electrons. The molecule has 0 spiro atoms. The summed E-state index contributed by atoms with van der Waals surface area (Å²) in [5.41, 5.74) is 0.400. The Balaban J connectivity index is 2.76. The Bertz CT molecular complexity index is 544. The van der Waals surface area contributed by atoms with Gasteiger partial charge in [-0.2, -0.15) is 0 Å². The van der Waals surface area contributed by atoms with Crippen LogP contribution >= 0.6 is 0 Å². The van der Waals surface area contributed by atoms with Gasteiger partial charge in [-0.05, 0) is 25.1 Å². The van der Waals surface area contributed by atoms with Crippen molar-refractivity contribution in [3.63, 3.8) is 0 Å². The van der Waals surface area contributed by atoms with Gasteiger partial charge in [-0.15, -0.1) is 0 Å². The number of anilines is 1. The lowest BCUT2D eigenvalue weighted by molar-refractivity contribution is -0.384. The third-order valence-corrected chi connectivity index (χ3v) is 3.76. The molecule has 0 aliphatic heterocycles. The van der Waals surface area contributed by atoms with Crippen molar-refractivity contribution in [1.82, 2.24) is 9.80 Å². The molecular weight excluding hydrogens is 308 g/mol. The van der Waals surface area contributed by atoms with Gasteiger partial charge in [0.2, 0.25) is 0 Å². The van der Waals surface area contributed by atoms with E-state index in [2.05, 4.69) is 37.9 Å². The zero-order valence-corrected chi connectivity index (χ0v) is 15.0. The summed E-state index contributed by atoms with van der Waals surface area (Å²) in [5, 5.41) is 13.6. The van der Waals surface area contributed by atoms with Crippen LogP contribution in [0, 0.1) is 16.0 Å². The molecule has 0 unspecified atom stereocenters. The Hall–Kier alpha value is -2.15. The molecule has 0 saturated carbocycles. The molecule has 0 aliphatic rings. The van der Waals surface area contributed by atoms with Crippen LogP contribution in [0.25, 0.3) is 0 Å². The Morgan fingerprint density at radius 2 is 1.92 bits per heavy atom. The number of hydrogen-bond acceptors (Lipinski definition) is 4. The summed E-state index contributed by atoms with van der Waals surface area (Å²) in [7, 11) is 0. The van der Waals surface area contributed by atoms with E-state index in [1.54, 1.807) is 17.0 Å². The quantitative estimate of drug-likeness (QED) is 0.553. The molecule has 24 heavy (non-hydrogen) atoms. The monoisotopic (exact) mass is 336 g/mol. The summed E-state index contributed by atoms with van der Waals surface area (Å²) in [6, 6.07) is 5.77. The molecule has 0 aliphatic carbocycles. The van der Waals surface area contributed by atoms with E-state index in [1.807, 2.05) is 0 Å². The minimum atomic E-state index is -0.470. The minimum absolute atomic E-state index is 0.0358. The zero-order valence-electron chi connectivity index (χ0n) is 15.0. The van der Waals surface area contributed by atoms with Crippen LogP contribution in [0.1, 0.15) is 27.7 Å². The average molecular weight is 336 g/mol. The molecular formula is C17H28N4O3. The molecule has 1 N–H and O–H groups in total. The van der Waals surface area contributed by atoms with Gasteiger partial charge in [-0.25, -0.2) is 4.79 Å². The number of likely N-dealkylation sites (N-methyl/N-ethyl adjacent to an activating group) is 1. The molecule has 0 atom stereocenters. The zero-order chi connectivity index (χ0) is 18.1. The number of carbonyl (C=O) groups is 1. The van der Waals surface area contributed by atoms with Crippen molar-refractivity contribution in [2.75, 3.05) is 38.0 Å². The smallest absolute Gasteiger partial charge is 0.321 e. The highest BCUT2D eigenvalue weighted by atomic mass is 16.6. The highest BCUT2D eigenvalue weighted by molar-refractivity contribution is 5.89. The molecule has 0 radical (unpaired) electrons. The van der Waals surface area contributed by atoms with Crippen molar-refractivity contribution in [2.45, 2.75) is 27.7 Å². The first-order valence-corrected chi connectivity index (χ1v) is 8.40. The Kier molecular flexibility index (Phi) is 8.18. The minimum Gasteiger partial charge on any atom is -0.323 e. The van der Waals surface area contributed by atoms with Crippen LogP contribution in [0.5, 0.6) is 0 Å². The molecule has 0 aromatic heterocycles. The van der Waals surface area contributed by atoms with Gasteiger partial charge in [0, 0.05) is 37.5 Å². The number of hydrogen-bond donors (Lipinski definition) is 1. The summed E-state index contributed by atoms with van der Waals surface area (Å²) in [4.78, 5) is 26.9. The Morgan fingerprint density at radius 1 is 1.25 bits per heavy atom. The first-order chi connectivity index (χ1) is 11.4. The van der Waals surface area contributed by atoms with Crippen LogP contribution in [0.3, 0.4) is 0 Å². The molecule has 0 fully saturated rings. The van der Waals surface area contributed by atoms with Crippen molar-refractivity contribution < 1.29 is 9.72 Å². The molecule has 0 bridgehead atoms. The van der Waals surface area contributed by atoms with Crippen LogP contribution in [-0.4, -0.2) is 53.5 Å². The maximum absolute atomic E-state index is 12.5. The number of urea groups is 1. The molecule has 7 nitrogen and oxygen atoms in total. The number of rotatable bonds is 9. The van der Waals surface area contributed by atoms with E-state index in [9.17, 15) is 14.9 Å². The number of nitro benzene ring substituents is 1. The summed E-state index contributed by atoms with van der Waals surface area (Å²) in [6.07, 6.45) is 0. The fourth-order valence-electron chi connectivity index (χ4n) is 2.42. The van der Waals surface area contributed by atoms with Gasteiger partial charge in [0.1, 0.15) is 0 Å². The van der Waals surface area contributed by atoms with E-state index in [4.69, 9.17) is 0 Å². The van der Waals surface area contributed by atoms with Crippen molar-refractivity contribution in [2.24, 2.45) is 5.92 Å². The molecule has 0 heterocycles. The van der Waals surface area contributed by atoms with Crippen molar-refractivity contribution in [3.8, 4) is 0 Å². The maximum Gasteiger partial charge on any atom is 0.321 e. The highest BCUT2D eigenvalue weighted by Gasteiger charge is 2.17.